The van der Waals surface area contributed by atoms with Crippen molar-refractivity contribution in [1.29, 1.82) is 0 Å². The Bertz CT molecular complexity index is 580. The molecule has 1 unspecified atom stereocenters. The van der Waals surface area contributed by atoms with Gasteiger partial charge < -0.3 is 5.32 Å². The second-order valence-electron chi connectivity index (χ2n) is 3.92. The Kier molecular flexibility index (Phi) is 2.64. The molecule has 2 aromatic heterocycles. The van der Waals surface area contributed by atoms with E-state index >= 15 is 0 Å². The van der Waals surface area contributed by atoms with Crippen LogP contribution in [0.15, 0.2) is 17.3 Å². The molecule has 2 N–H and O–H groups in total. The molecule has 6 heteroatoms. The molecule has 88 valence electrons. The first-order valence-electron chi connectivity index (χ1n) is 5.59. The van der Waals surface area contributed by atoms with Gasteiger partial charge in [0.15, 0.2) is 10.8 Å². The topological polar surface area (TPSA) is 66.0 Å². The van der Waals surface area contributed by atoms with Gasteiger partial charge in [0.25, 0.3) is 0 Å². The monoisotopic (exact) mass is 247 g/mol. The fourth-order valence-corrected chi connectivity index (χ4v) is 2.88. The van der Waals surface area contributed by atoms with E-state index in [0.717, 1.165) is 34.0 Å². The Balaban J connectivity index is 2.01. The van der Waals surface area contributed by atoms with Crippen molar-refractivity contribution >= 4 is 33.0 Å². The number of hydrogen-bond donors (Lipinski definition) is 2. The van der Waals surface area contributed by atoms with Gasteiger partial charge in [-0.2, -0.15) is 10.1 Å². The van der Waals surface area contributed by atoms with Crippen LogP contribution in [0.25, 0.3) is 10.3 Å². The van der Waals surface area contributed by atoms with Crippen LogP contribution in [-0.2, 0) is 0 Å². The molecule has 0 saturated heterocycles. The molecule has 1 aliphatic heterocycles. The lowest BCUT2D eigenvalue weighted by atomic mass is 10.0. The average molecular weight is 247 g/mol. The van der Waals surface area contributed by atoms with Crippen molar-refractivity contribution in [3.63, 3.8) is 0 Å². The van der Waals surface area contributed by atoms with Crippen LogP contribution in [0, 0.1) is 0 Å². The first-order chi connectivity index (χ1) is 8.38. The maximum absolute atomic E-state index is 4.38. The lowest BCUT2D eigenvalue weighted by molar-refractivity contribution is 0.751. The Morgan fingerprint density at radius 2 is 2.47 bits per heavy atom. The minimum atomic E-state index is 0.354. The van der Waals surface area contributed by atoms with Gasteiger partial charge in [0.1, 0.15) is 0 Å². The van der Waals surface area contributed by atoms with E-state index in [-0.39, 0.29) is 0 Å². The maximum atomic E-state index is 4.38. The summed E-state index contributed by atoms with van der Waals surface area (Å²) in [6.07, 6.45) is 8.00. The van der Waals surface area contributed by atoms with Crippen LogP contribution in [0.4, 0.5) is 5.13 Å². The molecule has 0 spiro atoms. The molecule has 0 amide bonds. The predicted octanol–water partition coefficient (Wildman–Crippen LogP) is 2.52. The van der Waals surface area contributed by atoms with E-state index in [4.69, 9.17) is 0 Å². The van der Waals surface area contributed by atoms with Crippen LogP contribution in [0.1, 0.15) is 24.5 Å². The second kappa shape index (κ2) is 4.29. The number of aliphatic imine (C=N–C) groups is 1. The summed E-state index contributed by atoms with van der Waals surface area (Å²) in [6.45, 7) is 0. The van der Waals surface area contributed by atoms with Crippen molar-refractivity contribution in [3.8, 4) is 0 Å². The smallest absolute Gasteiger partial charge is 0.194 e. The predicted molar refractivity (Wildman–Crippen MR) is 70.9 cm³/mol. The minimum absolute atomic E-state index is 0.354. The van der Waals surface area contributed by atoms with Crippen molar-refractivity contribution in [2.45, 2.75) is 18.8 Å². The summed E-state index contributed by atoms with van der Waals surface area (Å²) in [6, 6.07) is 0. The number of H-pyrrole nitrogens is 1. The molecule has 3 heterocycles. The van der Waals surface area contributed by atoms with Crippen molar-refractivity contribution in [2.75, 3.05) is 12.4 Å². The summed E-state index contributed by atoms with van der Waals surface area (Å²) in [5.74, 6) is 0.354. The molecule has 0 aliphatic carbocycles. The molecule has 0 fully saturated rings. The number of thiazole rings is 1. The van der Waals surface area contributed by atoms with Gasteiger partial charge in [-0.3, -0.25) is 10.1 Å². The number of nitrogens with one attached hydrogen (secondary N) is 2. The number of rotatable bonds is 2. The first-order valence-corrected chi connectivity index (χ1v) is 6.41. The third-order valence-corrected chi connectivity index (χ3v) is 3.93. The Labute approximate surface area is 103 Å². The molecule has 2 aromatic rings. The van der Waals surface area contributed by atoms with Crippen LogP contribution in [0.3, 0.4) is 0 Å². The van der Waals surface area contributed by atoms with Gasteiger partial charge in [-0.1, -0.05) is 17.4 Å². The van der Waals surface area contributed by atoms with Crippen molar-refractivity contribution in [3.05, 3.63) is 18.0 Å². The van der Waals surface area contributed by atoms with Crippen molar-refractivity contribution < 1.29 is 0 Å². The lowest BCUT2D eigenvalue weighted by Gasteiger charge is -2.06. The van der Waals surface area contributed by atoms with Crippen LogP contribution in [-0.4, -0.2) is 28.4 Å². The molecular formula is C11H13N5S. The summed E-state index contributed by atoms with van der Waals surface area (Å²) >= 11 is 1.64. The Morgan fingerprint density at radius 1 is 1.53 bits per heavy atom. The quantitative estimate of drug-likeness (QED) is 0.857. The zero-order valence-corrected chi connectivity index (χ0v) is 10.3. The number of hydrogen-bond acceptors (Lipinski definition) is 5. The van der Waals surface area contributed by atoms with Gasteiger partial charge in [0.2, 0.25) is 0 Å². The maximum Gasteiger partial charge on any atom is 0.194 e. The van der Waals surface area contributed by atoms with Gasteiger partial charge in [0, 0.05) is 25.4 Å². The van der Waals surface area contributed by atoms with Crippen LogP contribution in [0.5, 0.6) is 0 Å². The van der Waals surface area contributed by atoms with Gasteiger partial charge in [-0.15, -0.1) is 0 Å². The second-order valence-corrected chi connectivity index (χ2v) is 4.92. The standard InChI is InChI=1S/C11H13N5S/c1-12-11-14-10-9(17-11)8(15-16-10)7-3-2-5-13-6-4-7/h4-7H,2-3H2,1H3,(H2,12,14,15,16). The molecule has 0 radical (unpaired) electrons. The fraction of sp³-hybridized carbons (Fsp3) is 0.364. The molecule has 5 nitrogen and oxygen atoms in total. The number of aromatic nitrogens is 3. The molecular weight excluding hydrogens is 234 g/mol. The summed E-state index contributed by atoms with van der Waals surface area (Å²) in [5, 5.41) is 11.3. The largest absolute Gasteiger partial charge is 0.365 e. The van der Waals surface area contributed by atoms with Crippen molar-refractivity contribution in [2.24, 2.45) is 4.99 Å². The normalized spacial score (nSPS) is 19.7. The van der Waals surface area contributed by atoms with Crippen LogP contribution >= 0.6 is 11.3 Å². The van der Waals surface area contributed by atoms with Crippen LogP contribution in [0.2, 0.25) is 0 Å². The van der Waals surface area contributed by atoms with E-state index in [2.05, 4.69) is 31.6 Å². The fourth-order valence-electron chi connectivity index (χ4n) is 1.97. The minimum Gasteiger partial charge on any atom is -0.365 e. The highest BCUT2D eigenvalue weighted by molar-refractivity contribution is 7.22. The zero-order chi connectivity index (χ0) is 11.7. The summed E-state index contributed by atoms with van der Waals surface area (Å²) in [5.41, 5.74) is 1.95. The van der Waals surface area contributed by atoms with E-state index in [0.29, 0.717) is 5.92 Å². The zero-order valence-electron chi connectivity index (χ0n) is 9.47. The van der Waals surface area contributed by atoms with E-state index in [9.17, 15) is 0 Å². The number of fused-ring (bicyclic) bond motifs is 1. The molecule has 17 heavy (non-hydrogen) atoms. The third-order valence-electron chi connectivity index (χ3n) is 2.84. The van der Waals surface area contributed by atoms with E-state index in [1.807, 2.05) is 19.5 Å². The Morgan fingerprint density at radius 3 is 3.35 bits per heavy atom. The molecule has 0 saturated carbocycles. The van der Waals surface area contributed by atoms with E-state index in [1.54, 1.807) is 11.3 Å². The summed E-state index contributed by atoms with van der Waals surface area (Å²) < 4.78 is 1.14. The first kappa shape index (κ1) is 10.5. The highest BCUT2D eigenvalue weighted by atomic mass is 32.1. The molecule has 3 rings (SSSR count). The van der Waals surface area contributed by atoms with Crippen LogP contribution < -0.4 is 5.32 Å². The van der Waals surface area contributed by atoms with Gasteiger partial charge in [-0.25, -0.2) is 0 Å². The SMILES string of the molecule is CNc1nc2n[nH]c(C3C=CN=CCC3)c2s1. The summed E-state index contributed by atoms with van der Waals surface area (Å²) in [7, 11) is 1.88. The van der Waals surface area contributed by atoms with E-state index in [1.165, 1.54) is 0 Å². The molecule has 1 aliphatic rings. The van der Waals surface area contributed by atoms with Crippen molar-refractivity contribution in [1.82, 2.24) is 15.2 Å². The summed E-state index contributed by atoms with van der Waals surface area (Å²) in [4.78, 5) is 8.55. The number of anilines is 1. The molecule has 0 bridgehead atoms. The number of allylic oxidation sites excluding steroid dienone is 1. The molecule has 0 aromatic carbocycles. The third kappa shape index (κ3) is 1.84. The molecule has 1 atom stereocenters. The van der Waals surface area contributed by atoms with Gasteiger partial charge >= 0.3 is 0 Å². The van der Waals surface area contributed by atoms with Gasteiger partial charge in [0.05, 0.1) is 10.4 Å². The highest BCUT2D eigenvalue weighted by Gasteiger charge is 2.18. The van der Waals surface area contributed by atoms with E-state index < -0.39 is 0 Å². The highest BCUT2D eigenvalue weighted by Crippen LogP contribution is 2.33. The number of aromatic amines is 1. The van der Waals surface area contributed by atoms with Gasteiger partial charge in [-0.05, 0) is 12.8 Å². The number of nitrogens with zero attached hydrogens (tertiary/aromatic N) is 3. The average Bonchev–Trinajstić information content (AvgIpc) is 2.80. The lowest BCUT2D eigenvalue weighted by Crippen LogP contribution is -1.95. The Hall–Kier alpha value is -1.69.